The highest BCUT2D eigenvalue weighted by molar-refractivity contribution is 6.01. The zero-order valence-electron chi connectivity index (χ0n) is 30.2. The van der Waals surface area contributed by atoms with E-state index in [1.165, 1.54) is 6.42 Å². The Kier molecular flexibility index (Phi) is 12.5. The Balaban J connectivity index is 1.26. The van der Waals surface area contributed by atoms with E-state index in [4.69, 9.17) is 14.2 Å². The zero-order chi connectivity index (χ0) is 36.0. The highest BCUT2D eigenvalue weighted by Gasteiger charge is 2.47. The third kappa shape index (κ3) is 9.35. The van der Waals surface area contributed by atoms with Gasteiger partial charge in [0.2, 0.25) is 11.8 Å². The van der Waals surface area contributed by atoms with Crippen molar-refractivity contribution in [3.63, 3.8) is 0 Å². The van der Waals surface area contributed by atoms with E-state index < -0.39 is 36.4 Å². The molecule has 0 bridgehead atoms. The number of alkyl carbamates (subject to hydrolysis) is 1. The molecule has 50 heavy (non-hydrogen) atoms. The standard InChI is InChI=1S/C38H55FN4O7/c1-23(48-5)22-49-36(46)31-20-27-19-28(15-16-30(27)41-31)40-34(44)33-29(24-9-7-6-8-10-24)17-18-43(33)35(45)26-13-11-25(12-14-26)32(21-39)42-37(47)50-38(2,3)4/h15-16,19-20,23-26,29,32-33,41H,6-14,17-18,21-22H2,1-5H3,(H,40,44)(H,42,47)/t23-,25?,26?,29+,32-,33-/m1/s1. The molecule has 3 aliphatic rings. The Morgan fingerprint density at radius 3 is 2.38 bits per heavy atom. The molecule has 3 N–H and O–H groups in total. The number of alkyl halides is 1. The fourth-order valence-electron chi connectivity index (χ4n) is 8.08. The van der Waals surface area contributed by atoms with Crippen LogP contribution in [0.4, 0.5) is 14.9 Å². The van der Waals surface area contributed by atoms with E-state index in [2.05, 4.69) is 15.6 Å². The van der Waals surface area contributed by atoms with Crippen molar-refractivity contribution < 1.29 is 37.8 Å². The summed E-state index contributed by atoms with van der Waals surface area (Å²) in [7, 11) is 1.56. The number of nitrogens with one attached hydrogen (secondary N) is 3. The van der Waals surface area contributed by atoms with E-state index in [0.717, 1.165) is 43.0 Å². The van der Waals surface area contributed by atoms with Gasteiger partial charge < -0.3 is 34.7 Å². The molecule has 5 rings (SSSR count). The van der Waals surface area contributed by atoms with E-state index in [1.807, 2.05) is 24.0 Å². The molecule has 4 atom stereocenters. The van der Waals surface area contributed by atoms with Gasteiger partial charge in [-0.3, -0.25) is 9.59 Å². The fourth-order valence-corrected chi connectivity index (χ4v) is 8.08. The number of hydrogen-bond donors (Lipinski definition) is 3. The predicted molar refractivity (Wildman–Crippen MR) is 188 cm³/mol. The Hall–Kier alpha value is -3.67. The van der Waals surface area contributed by atoms with Crippen LogP contribution in [0.5, 0.6) is 0 Å². The molecule has 2 saturated carbocycles. The summed E-state index contributed by atoms with van der Waals surface area (Å²) in [6.07, 6.45) is 7.91. The summed E-state index contributed by atoms with van der Waals surface area (Å²) in [4.78, 5) is 58.2. The lowest BCUT2D eigenvalue weighted by atomic mass is 9.76. The minimum Gasteiger partial charge on any atom is -0.458 e. The first-order valence-corrected chi connectivity index (χ1v) is 18.4. The van der Waals surface area contributed by atoms with Crippen LogP contribution in [0, 0.1) is 23.7 Å². The second kappa shape index (κ2) is 16.6. The molecule has 2 aromatic rings. The number of likely N-dealkylation sites (tertiary alicyclic amines) is 1. The van der Waals surface area contributed by atoms with Crippen molar-refractivity contribution in [2.75, 3.05) is 32.3 Å². The van der Waals surface area contributed by atoms with Gasteiger partial charge in [-0.15, -0.1) is 0 Å². The summed E-state index contributed by atoms with van der Waals surface area (Å²) >= 11 is 0. The first-order valence-electron chi connectivity index (χ1n) is 18.4. The van der Waals surface area contributed by atoms with E-state index in [9.17, 15) is 23.6 Å². The summed E-state index contributed by atoms with van der Waals surface area (Å²) in [5, 5.41) is 6.56. The molecule has 0 spiro atoms. The molecule has 11 nitrogen and oxygen atoms in total. The number of hydrogen-bond acceptors (Lipinski definition) is 7. The van der Waals surface area contributed by atoms with Crippen molar-refractivity contribution in [3.8, 4) is 0 Å². The summed E-state index contributed by atoms with van der Waals surface area (Å²) in [5.41, 5.74) is 0.955. The number of rotatable bonds is 11. The molecule has 1 aliphatic heterocycles. The second-order valence-corrected chi connectivity index (χ2v) is 15.5. The summed E-state index contributed by atoms with van der Waals surface area (Å²) in [5.74, 6) is -0.568. The van der Waals surface area contributed by atoms with Crippen LogP contribution in [0.3, 0.4) is 0 Å². The van der Waals surface area contributed by atoms with Gasteiger partial charge in [0.25, 0.3) is 0 Å². The van der Waals surface area contributed by atoms with E-state index in [0.29, 0.717) is 49.5 Å². The van der Waals surface area contributed by atoms with Crippen molar-refractivity contribution >= 4 is 40.5 Å². The Morgan fingerprint density at radius 1 is 1.00 bits per heavy atom. The molecule has 2 heterocycles. The SMILES string of the molecule is CO[C@H](C)COC(=O)c1cc2cc(NC(=O)[C@H]3[C@H](C4CCCCC4)CCN3C(=O)C3CCC([C@@H](CF)NC(=O)OC(C)(C)C)CC3)ccc2[nH]1. The monoisotopic (exact) mass is 698 g/mol. The first-order chi connectivity index (χ1) is 23.9. The van der Waals surface area contributed by atoms with E-state index >= 15 is 0 Å². The van der Waals surface area contributed by atoms with Crippen LogP contribution in [0.1, 0.15) is 102 Å². The van der Waals surface area contributed by atoms with Gasteiger partial charge in [-0.25, -0.2) is 14.0 Å². The van der Waals surface area contributed by atoms with Crippen LogP contribution in [0.15, 0.2) is 24.3 Å². The molecule has 3 amide bonds. The lowest BCUT2D eigenvalue weighted by molar-refractivity contribution is -0.142. The smallest absolute Gasteiger partial charge is 0.407 e. The zero-order valence-corrected chi connectivity index (χ0v) is 30.2. The second-order valence-electron chi connectivity index (χ2n) is 15.5. The number of halogens is 1. The maximum Gasteiger partial charge on any atom is 0.407 e. The van der Waals surface area contributed by atoms with Gasteiger partial charge in [0, 0.05) is 36.2 Å². The average Bonchev–Trinajstić information content (AvgIpc) is 3.74. The molecule has 276 valence electrons. The van der Waals surface area contributed by atoms with Crippen molar-refractivity contribution in [2.24, 2.45) is 23.7 Å². The van der Waals surface area contributed by atoms with Crippen LogP contribution in [0.25, 0.3) is 10.9 Å². The third-order valence-electron chi connectivity index (χ3n) is 10.8. The summed E-state index contributed by atoms with van der Waals surface area (Å²) < 4.78 is 29.9. The lowest BCUT2D eigenvalue weighted by Gasteiger charge is -2.37. The number of H-pyrrole nitrogens is 1. The largest absolute Gasteiger partial charge is 0.458 e. The summed E-state index contributed by atoms with van der Waals surface area (Å²) in [6.45, 7) is 7.08. The number of carbonyl (C=O) groups excluding carboxylic acids is 4. The van der Waals surface area contributed by atoms with Gasteiger partial charge >= 0.3 is 12.1 Å². The molecule has 3 fully saturated rings. The maximum absolute atomic E-state index is 14.2. The van der Waals surface area contributed by atoms with Crippen molar-refractivity contribution in [1.82, 2.24) is 15.2 Å². The Bertz CT molecular complexity index is 1490. The summed E-state index contributed by atoms with van der Waals surface area (Å²) in [6, 6.07) is 5.89. The van der Waals surface area contributed by atoms with Gasteiger partial charge in [-0.05, 0) is 102 Å². The number of aromatic nitrogens is 1. The van der Waals surface area contributed by atoms with Gasteiger partial charge in [-0.1, -0.05) is 32.1 Å². The Labute approximate surface area is 294 Å². The van der Waals surface area contributed by atoms with E-state index in [1.54, 1.807) is 40.0 Å². The van der Waals surface area contributed by atoms with Crippen molar-refractivity contribution in [2.45, 2.75) is 116 Å². The number of aromatic amines is 1. The molecular weight excluding hydrogens is 643 g/mol. The van der Waals surface area contributed by atoms with Gasteiger partial charge in [0.1, 0.15) is 30.6 Å². The van der Waals surface area contributed by atoms with Gasteiger partial charge in [0.05, 0.1) is 12.1 Å². The molecule has 2 aliphatic carbocycles. The molecule has 12 heteroatoms. The molecule has 1 aromatic carbocycles. The molecule has 1 aromatic heterocycles. The minimum atomic E-state index is -0.701. The van der Waals surface area contributed by atoms with Gasteiger partial charge in [-0.2, -0.15) is 0 Å². The van der Waals surface area contributed by atoms with Crippen LogP contribution >= 0.6 is 0 Å². The highest BCUT2D eigenvalue weighted by atomic mass is 19.1. The van der Waals surface area contributed by atoms with Gasteiger partial charge in [0.15, 0.2) is 0 Å². The fraction of sp³-hybridized carbons (Fsp3) is 0.684. The molecule has 0 unspecified atom stereocenters. The number of fused-ring (bicyclic) bond motifs is 1. The molecular formula is C38H55FN4O7. The van der Waals surface area contributed by atoms with Crippen molar-refractivity contribution in [1.29, 1.82) is 0 Å². The van der Waals surface area contributed by atoms with Crippen LogP contribution in [-0.2, 0) is 23.8 Å². The van der Waals surface area contributed by atoms with Crippen LogP contribution < -0.4 is 10.6 Å². The number of esters is 1. The highest BCUT2D eigenvalue weighted by Crippen LogP contribution is 2.41. The predicted octanol–water partition coefficient (Wildman–Crippen LogP) is 6.76. The Morgan fingerprint density at radius 2 is 1.72 bits per heavy atom. The third-order valence-corrected chi connectivity index (χ3v) is 10.8. The van der Waals surface area contributed by atoms with Crippen LogP contribution in [-0.4, -0.2) is 84.5 Å². The molecule has 0 radical (unpaired) electrons. The quantitative estimate of drug-likeness (QED) is 0.220. The average molecular weight is 699 g/mol. The first kappa shape index (κ1) is 37.6. The number of nitrogens with zero attached hydrogens (tertiary/aromatic N) is 1. The maximum atomic E-state index is 14.2. The number of methoxy groups -OCH3 is 1. The topological polar surface area (TPSA) is 139 Å². The lowest BCUT2D eigenvalue weighted by Crippen LogP contribution is -2.50. The molecule has 1 saturated heterocycles. The number of benzene rings is 1. The number of carbonyl (C=O) groups is 4. The number of amides is 3. The normalized spacial score (nSPS) is 24.4. The van der Waals surface area contributed by atoms with E-state index in [-0.39, 0.29) is 42.3 Å². The number of anilines is 1. The number of ether oxygens (including phenoxy) is 3. The minimum absolute atomic E-state index is 0.00848. The van der Waals surface area contributed by atoms with Crippen molar-refractivity contribution in [3.05, 3.63) is 30.0 Å². The van der Waals surface area contributed by atoms with Crippen LogP contribution in [0.2, 0.25) is 0 Å².